The van der Waals surface area contributed by atoms with Crippen molar-refractivity contribution in [2.45, 2.75) is 33.0 Å². The Labute approximate surface area is 134 Å². The van der Waals surface area contributed by atoms with Gasteiger partial charge >= 0.3 is 0 Å². The average Bonchev–Trinajstić information content (AvgIpc) is 3.04. The lowest BCUT2D eigenvalue weighted by Gasteiger charge is -2.22. The van der Waals surface area contributed by atoms with Gasteiger partial charge in [0.15, 0.2) is 0 Å². The Morgan fingerprint density at radius 3 is 2.77 bits per heavy atom. The summed E-state index contributed by atoms with van der Waals surface area (Å²) in [6, 6.07) is 10.2. The minimum Gasteiger partial charge on any atom is -0.392 e. The van der Waals surface area contributed by atoms with Crippen LogP contribution in [0.3, 0.4) is 0 Å². The lowest BCUT2D eigenvalue weighted by Crippen LogP contribution is -2.30. The second-order valence-corrected chi connectivity index (χ2v) is 6.75. The fourth-order valence-corrected chi connectivity index (χ4v) is 3.57. The molecule has 1 atom stereocenters. The van der Waals surface area contributed by atoms with Crippen LogP contribution < -0.4 is 0 Å². The number of rotatable bonds is 6. The zero-order valence-corrected chi connectivity index (χ0v) is 13.7. The SMILES string of the molecule is Cc1ccsc1CN(Cc1nc2ccccc2[nH]1)CC(C)O. The molecule has 2 heterocycles. The van der Waals surface area contributed by atoms with E-state index in [0.717, 1.165) is 23.4 Å². The first kappa shape index (κ1) is 15.2. The second kappa shape index (κ2) is 6.60. The molecule has 0 fully saturated rings. The van der Waals surface area contributed by atoms with Gasteiger partial charge in [-0.2, -0.15) is 0 Å². The maximum atomic E-state index is 9.77. The molecule has 3 aromatic rings. The number of H-pyrrole nitrogens is 1. The molecule has 0 amide bonds. The van der Waals surface area contributed by atoms with Crippen LogP contribution in [0.4, 0.5) is 0 Å². The molecule has 1 aromatic carbocycles. The average molecular weight is 315 g/mol. The molecule has 116 valence electrons. The normalized spacial score (nSPS) is 13.1. The van der Waals surface area contributed by atoms with Gasteiger partial charge < -0.3 is 10.1 Å². The van der Waals surface area contributed by atoms with Gasteiger partial charge in [-0.1, -0.05) is 12.1 Å². The van der Waals surface area contributed by atoms with E-state index in [-0.39, 0.29) is 6.10 Å². The number of imidazole rings is 1. The third-order valence-electron chi connectivity index (χ3n) is 3.67. The Morgan fingerprint density at radius 2 is 2.09 bits per heavy atom. The number of benzene rings is 1. The van der Waals surface area contributed by atoms with Gasteiger partial charge in [0.25, 0.3) is 0 Å². The Balaban J connectivity index is 1.78. The minimum atomic E-state index is -0.357. The summed E-state index contributed by atoms with van der Waals surface area (Å²) in [7, 11) is 0. The number of aliphatic hydroxyl groups is 1. The lowest BCUT2D eigenvalue weighted by atomic mass is 10.2. The van der Waals surface area contributed by atoms with E-state index < -0.39 is 0 Å². The molecule has 0 aliphatic heterocycles. The smallest absolute Gasteiger partial charge is 0.121 e. The lowest BCUT2D eigenvalue weighted by molar-refractivity contribution is 0.117. The van der Waals surface area contributed by atoms with E-state index in [1.54, 1.807) is 11.3 Å². The predicted molar refractivity (Wildman–Crippen MR) is 90.9 cm³/mol. The van der Waals surface area contributed by atoms with E-state index >= 15 is 0 Å². The number of nitrogens with zero attached hydrogens (tertiary/aromatic N) is 2. The monoisotopic (exact) mass is 315 g/mol. The van der Waals surface area contributed by atoms with Gasteiger partial charge in [-0.15, -0.1) is 11.3 Å². The highest BCUT2D eigenvalue weighted by Gasteiger charge is 2.14. The number of aryl methyl sites for hydroxylation is 1. The van der Waals surface area contributed by atoms with Crippen LogP contribution in [-0.4, -0.2) is 32.6 Å². The minimum absolute atomic E-state index is 0.357. The van der Waals surface area contributed by atoms with Crippen LogP contribution in [0.2, 0.25) is 0 Å². The number of aromatic amines is 1. The maximum Gasteiger partial charge on any atom is 0.121 e. The third-order valence-corrected chi connectivity index (χ3v) is 4.68. The van der Waals surface area contributed by atoms with E-state index in [9.17, 15) is 5.11 Å². The van der Waals surface area contributed by atoms with Crippen molar-refractivity contribution in [3.63, 3.8) is 0 Å². The Morgan fingerprint density at radius 1 is 1.27 bits per heavy atom. The molecule has 0 radical (unpaired) electrons. The molecular formula is C17H21N3OS. The van der Waals surface area contributed by atoms with Crippen LogP contribution in [-0.2, 0) is 13.1 Å². The molecule has 3 rings (SSSR count). The standard InChI is InChI=1S/C17H21N3OS/c1-12-7-8-22-16(12)10-20(9-13(2)21)11-17-18-14-5-3-4-6-15(14)19-17/h3-8,13,21H,9-11H2,1-2H3,(H,18,19). The van der Waals surface area contributed by atoms with Gasteiger partial charge in [0.1, 0.15) is 5.82 Å². The van der Waals surface area contributed by atoms with Crippen molar-refractivity contribution in [3.8, 4) is 0 Å². The van der Waals surface area contributed by atoms with Crippen molar-refractivity contribution < 1.29 is 5.11 Å². The summed E-state index contributed by atoms with van der Waals surface area (Å²) in [5.41, 5.74) is 3.36. The van der Waals surface area contributed by atoms with Gasteiger partial charge in [-0.3, -0.25) is 4.90 Å². The highest BCUT2D eigenvalue weighted by Crippen LogP contribution is 2.19. The summed E-state index contributed by atoms with van der Waals surface area (Å²) in [6.07, 6.45) is -0.357. The fourth-order valence-electron chi connectivity index (χ4n) is 2.62. The van der Waals surface area contributed by atoms with E-state index in [0.29, 0.717) is 13.1 Å². The van der Waals surface area contributed by atoms with Gasteiger partial charge in [-0.05, 0) is 43.0 Å². The van der Waals surface area contributed by atoms with Gasteiger partial charge in [0.05, 0.1) is 23.7 Å². The summed E-state index contributed by atoms with van der Waals surface area (Å²) < 4.78 is 0. The van der Waals surface area contributed by atoms with Crippen LogP contribution in [0.5, 0.6) is 0 Å². The molecule has 22 heavy (non-hydrogen) atoms. The number of thiophene rings is 1. The number of fused-ring (bicyclic) bond motifs is 1. The number of hydrogen-bond donors (Lipinski definition) is 2. The maximum absolute atomic E-state index is 9.77. The molecule has 4 nitrogen and oxygen atoms in total. The number of nitrogens with one attached hydrogen (secondary N) is 1. The summed E-state index contributed by atoms with van der Waals surface area (Å²) in [4.78, 5) is 11.6. The van der Waals surface area contributed by atoms with Crippen molar-refractivity contribution in [2.24, 2.45) is 0 Å². The van der Waals surface area contributed by atoms with E-state index in [2.05, 4.69) is 33.2 Å². The zero-order valence-electron chi connectivity index (χ0n) is 12.9. The fraction of sp³-hybridized carbons (Fsp3) is 0.353. The van der Waals surface area contributed by atoms with Crippen molar-refractivity contribution in [2.75, 3.05) is 6.54 Å². The van der Waals surface area contributed by atoms with Crippen molar-refractivity contribution in [3.05, 3.63) is 52.0 Å². The van der Waals surface area contributed by atoms with Gasteiger partial charge in [0.2, 0.25) is 0 Å². The Kier molecular flexibility index (Phi) is 4.57. The number of hydrogen-bond acceptors (Lipinski definition) is 4. The summed E-state index contributed by atoms with van der Waals surface area (Å²) in [5, 5.41) is 11.9. The van der Waals surface area contributed by atoms with Gasteiger partial charge in [0, 0.05) is 18.0 Å². The molecule has 0 aliphatic rings. The van der Waals surface area contributed by atoms with Crippen LogP contribution in [0.25, 0.3) is 11.0 Å². The number of aromatic nitrogens is 2. The first-order chi connectivity index (χ1) is 10.6. The highest BCUT2D eigenvalue weighted by molar-refractivity contribution is 7.10. The first-order valence-electron chi connectivity index (χ1n) is 7.49. The molecule has 0 saturated carbocycles. The molecule has 5 heteroatoms. The van der Waals surface area contributed by atoms with Crippen molar-refractivity contribution in [1.82, 2.24) is 14.9 Å². The van der Waals surface area contributed by atoms with E-state index in [4.69, 9.17) is 0 Å². The molecule has 0 spiro atoms. The summed E-state index contributed by atoms with van der Waals surface area (Å²) in [6.45, 7) is 6.14. The molecule has 0 aliphatic carbocycles. The topological polar surface area (TPSA) is 52.2 Å². The number of para-hydroxylation sites is 2. The van der Waals surface area contributed by atoms with E-state index in [1.807, 2.05) is 31.2 Å². The molecule has 0 bridgehead atoms. The number of aliphatic hydroxyl groups excluding tert-OH is 1. The van der Waals surface area contributed by atoms with Crippen LogP contribution in [0.15, 0.2) is 35.7 Å². The van der Waals surface area contributed by atoms with Crippen molar-refractivity contribution in [1.29, 1.82) is 0 Å². The Hall–Kier alpha value is -1.69. The van der Waals surface area contributed by atoms with E-state index in [1.165, 1.54) is 10.4 Å². The highest BCUT2D eigenvalue weighted by atomic mass is 32.1. The third kappa shape index (κ3) is 3.55. The summed E-state index contributed by atoms with van der Waals surface area (Å²) in [5.74, 6) is 0.941. The Bertz CT molecular complexity index is 714. The zero-order chi connectivity index (χ0) is 15.5. The van der Waals surface area contributed by atoms with Crippen LogP contribution in [0.1, 0.15) is 23.2 Å². The summed E-state index contributed by atoms with van der Waals surface area (Å²) >= 11 is 1.77. The van der Waals surface area contributed by atoms with Crippen molar-refractivity contribution >= 4 is 22.4 Å². The quantitative estimate of drug-likeness (QED) is 0.734. The molecule has 0 saturated heterocycles. The molecule has 1 unspecified atom stereocenters. The molecular weight excluding hydrogens is 294 g/mol. The molecule has 2 N–H and O–H groups in total. The van der Waals surface area contributed by atoms with Crippen LogP contribution in [0, 0.1) is 6.92 Å². The van der Waals surface area contributed by atoms with Crippen LogP contribution >= 0.6 is 11.3 Å². The molecule has 2 aromatic heterocycles. The van der Waals surface area contributed by atoms with Gasteiger partial charge in [-0.25, -0.2) is 4.98 Å². The largest absolute Gasteiger partial charge is 0.392 e. The first-order valence-corrected chi connectivity index (χ1v) is 8.37. The second-order valence-electron chi connectivity index (χ2n) is 5.75. The predicted octanol–water partition coefficient (Wildman–Crippen LogP) is 3.32.